The Morgan fingerprint density at radius 1 is 1.08 bits per heavy atom. The molecule has 122 valence electrons. The van der Waals surface area contributed by atoms with Gasteiger partial charge in [-0.15, -0.1) is 51.3 Å². The fourth-order valence-corrected chi connectivity index (χ4v) is 2.13. The number of hydrogen-bond donors (Lipinski definition) is 0. The van der Waals surface area contributed by atoms with E-state index < -0.39 is 0 Å². The molecule has 3 aromatic carbocycles. The van der Waals surface area contributed by atoms with Gasteiger partial charge in [0.15, 0.2) is 6.33 Å². The smallest absolute Gasteiger partial charge is 1.00 e. The first-order valence-electron chi connectivity index (χ1n) is 6.82. The minimum atomic E-state index is 0. The van der Waals surface area contributed by atoms with Gasteiger partial charge in [0.25, 0.3) is 0 Å². The predicted molar refractivity (Wildman–Crippen MR) is 83.8 cm³/mol. The molecule has 0 fully saturated rings. The van der Waals surface area contributed by atoms with Crippen LogP contribution < -0.4 is 24.8 Å². The van der Waals surface area contributed by atoms with Crippen molar-refractivity contribution in [2.75, 3.05) is 0 Å². The van der Waals surface area contributed by atoms with Crippen LogP contribution in [0.2, 0.25) is 0 Å². The van der Waals surface area contributed by atoms with Gasteiger partial charge in [0, 0.05) is 0 Å². The van der Waals surface area contributed by atoms with Crippen molar-refractivity contribution in [3.63, 3.8) is 0 Å². The fraction of sp³-hybridized carbons (Fsp3) is 0.118. The molecule has 0 aliphatic rings. The topological polar surface area (TPSA) is 43.6 Å². The van der Waals surface area contributed by atoms with Crippen LogP contribution in [0.3, 0.4) is 0 Å². The molecule has 0 atom stereocenters. The minimum Gasteiger partial charge on any atom is -1.00 e. The number of aryl methyl sites for hydroxylation is 2. The molecule has 0 radical (unpaired) electrons. The second-order valence-corrected chi connectivity index (χ2v) is 4.96. The van der Waals surface area contributed by atoms with Crippen molar-refractivity contribution in [3.8, 4) is 5.69 Å². The molecule has 24 heavy (non-hydrogen) atoms. The molecule has 0 bridgehead atoms. The van der Waals surface area contributed by atoms with Crippen LogP contribution in [-0.4, -0.2) is 20.2 Å². The molecule has 7 heteroatoms. The predicted octanol–water partition coefficient (Wildman–Crippen LogP) is -2.44. The van der Waals surface area contributed by atoms with E-state index in [1.54, 1.807) is 0 Å². The monoisotopic (exact) mass is 526 g/mol. The van der Waals surface area contributed by atoms with Gasteiger partial charge in [-0.25, -0.2) is 12.1 Å². The van der Waals surface area contributed by atoms with E-state index in [4.69, 9.17) is 0 Å². The number of halogens is 2. The van der Waals surface area contributed by atoms with Crippen molar-refractivity contribution in [1.29, 1.82) is 0 Å². The van der Waals surface area contributed by atoms with E-state index in [-0.39, 0.29) is 50.7 Å². The van der Waals surface area contributed by atoms with Crippen LogP contribution in [0, 0.1) is 13.8 Å². The van der Waals surface area contributed by atoms with Gasteiger partial charge < -0.3 is 24.8 Å². The summed E-state index contributed by atoms with van der Waals surface area (Å²) in [6, 6.07) is 18.6. The van der Waals surface area contributed by atoms with E-state index >= 15 is 0 Å². The normalized spacial score (nSPS) is 9.08. The standard InChI is InChI=1S/C10H7N4.C7H9.2ClH.Hf/c1-2-4-9-6-10(5-8(9)3-1)14-12-7-11-13-14;1-6-4-3-5-7(6)2;;;/h1-7H;3-5H,1-2H3;2*1H;/q2*-1;;;+4/p-2. The first kappa shape index (κ1) is 22.7. The van der Waals surface area contributed by atoms with Crippen molar-refractivity contribution >= 4 is 10.8 Å². The summed E-state index contributed by atoms with van der Waals surface area (Å²) in [7, 11) is 0. The maximum Gasteiger partial charge on any atom is 4.00 e. The van der Waals surface area contributed by atoms with E-state index in [2.05, 4.69) is 59.6 Å². The SMILES string of the molecule is Cc1ccc[c-]1C.[Cl-].[Cl-].[Hf+4].c1ccc2[cH-]c(-n3ncnn3)cc2c1. The number of hydrogen-bond acceptors (Lipinski definition) is 3. The van der Waals surface area contributed by atoms with Crippen LogP contribution in [0.5, 0.6) is 0 Å². The van der Waals surface area contributed by atoms with Crippen LogP contribution in [-0.2, 0) is 25.8 Å². The molecule has 0 spiro atoms. The van der Waals surface area contributed by atoms with Crippen LogP contribution >= 0.6 is 0 Å². The average Bonchev–Trinajstić information content (AvgIpc) is 3.21. The zero-order valence-corrected chi connectivity index (χ0v) is 18.4. The minimum absolute atomic E-state index is 0. The number of benzene rings is 1. The Morgan fingerprint density at radius 3 is 2.33 bits per heavy atom. The first-order chi connectivity index (χ1) is 10.2. The number of nitrogens with zero attached hydrogens (tertiary/aromatic N) is 4. The molecule has 0 unspecified atom stereocenters. The molecule has 0 amide bonds. The number of aromatic nitrogens is 4. The first-order valence-corrected chi connectivity index (χ1v) is 6.82. The Balaban J connectivity index is 0.000000463. The molecule has 1 heterocycles. The molecule has 4 rings (SSSR count). The van der Waals surface area contributed by atoms with Gasteiger partial charge in [-0.2, -0.15) is 22.0 Å². The summed E-state index contributed by atoms with van der Waals surface area (Å²) in [5.74, 6) is 0. The van der Waals surface area contributed by atoms with E-state index in [9.17, 15) is 0 Å². The molecule has 0 N–H and O–H groups in total. The van der Waals surface area contributed by atoms with Crippen molar-refractivity contribution < 1.29 is 50.7 Å². The molecule has 0 saturated carbocycles. The Bertz CT molecular complexity index is 788. The van der Waals surface area contributed by atoms with Crippen molar-refractivity contribution in [3.05, 3.63) is 72.1 Å². The third-order valence-corrected chi connectivity index (χ3v) is 3.50. The maximum absolute atomic E-state index is 3.98. The summed E-state index contributed by atoms with van der Waals surface area (Å²) in [4.78, 5) is 1.51. The van der Waals surface area contributed by atoms with E-state index in [1.165, 1.54) is 33.0 Å². The molecule has 0 aliphatic carbocycles. The second-order valence-electron chi connectivity index (χ2n) is 4.96. The third kappa shape index (κ3) is 5.36. The molecular formula is C17H16Cl2HfN4. The van der Waals surface area contributed by atoms with Gasteiger partial charge in [0.2, 0.25) is 0 Å². The second kappa shape index (κ2) is 10.5. The Hall–Kier alpha value is -1.30. The summed E-state index contributed by atoms with van der Waals surface area (Å²) >= 11 is 0. The molecule has 4 nitrogen and oxygen atoms in total. The van der Waals surface area contributed by atoms with Crippen LogP contribution in [0.25, 0.3) is 16.5 Å². The molecule has 0 aliphatic heterocycles. The summed E-state index contributed by atoms with van der Waals surface area (Å²) in [6.07, 6.45) is 1.43. The van der Waals surface area contributed by atoms with Crippen LogP contribution in [0.1, 0.15) is 11.1 Å². The third-order valence-electron chi connectivity index (χ3n) is 3.50. The van der Waals surface area contributed by atoms with Gasteiger partial charge in [-0.05, 0) is 10.9 Å². The summed E-state index contributed by atoms with van der Waals surface area (Å²) in [5, 5.41) is 13.9. The molecule has 4 aromatic rings. The van der Waals surface area contributed by atoms with Crippen molar-refractivity contribution in [1.82, 2.24) is 20.2 Å². The van der Waals surface area contributed by atoms with E-state index in [1.807, 2.05) is 24.3 Å². The van der Waals surface area contributed by atoms with Crippen molar-refractivity contribution in [2.24, 2.45) is 0 Å². The van der Waals surface area contributed by atoms with Gasteiger partial charge in [-0.3, -0.25) is 0 Å². The van der Waals surface area contributed by atoms with Gasteiger partial charge in [0.1, 0.15) is 0 Å². The van der Waals surface area contributed by atoms with Crippen LogP contribution in [0.15, 0.2) is 60.9 Å². The Morgan fingerprint density at radius 2 is 1.83 bits per heavy atom. The average molecular weight is 526 g/mol. The fourth-order valence-electron chi connectivity index (χ4n) is 2.13. The maximum atomic E-state index is 3.98. The zero-order chi connectivity index (χ0) is 14.7. The quantitative estimate of drug-likeness (QED) is 0.205. The molecule has 0 saturated heterocycles. The van der Waals surface area contributed by atoms with Gasteiger partial charge in [0.05, 0.1) is 0 Å². The number of tetrazole rings is 1. The zero-order valence-electron chi connectivity index (χ0n) is 13.3. The largest absolute Gasteiger partial charge is 4.00 e. The van der Waals surface area contributed by atoms with Gasteiger partial charge in [-0.1, -0.05) is 19.9 Å². The van der Waals surface area contributed by atoms with Crippen molar-refractivity contribution in [2.45, 2.75) is 13.8 Å². The molecule has 1 aromatic heterocycles. The Kier molecular flexibility index (Phi) is 9.97. The van der Waals surface area contributed by atoms with Gasteiger partial charge >= 0.3 is 25.8 Å². The summed E-state index contributed by atoms with van der Waals surface area (Å²) < 4.78 is 0. The van der Waals surface area contributed by atoms with E-state index in [0.717, 1.165) is 5.69 Å². The summed E-state index contributed by atoms with van der Waals surface area (Å²) in [5.41, 5.74) is 3.73. The molecular weight excluding hydrogens is 510 g/mol. The van der Waals surface area contributed by atoms with E-state index in [0.29, 0.717) is 0 Å². The number of fused-ring (bicyclic) bond motifs is 1. The Labute approximate surface area is 172 Å². The van der Waals surface area contributed by atoms with Crippen LogP contribution in [0.4, 0.5) is 0 Å². The number of rotatable bonds is 1. The summed E-state index contributed by atoms with van der Waals surface area (Å²) in [6.45, 7) is 4.24.